The lowest BCUT2D eigenvalue weighted by atomic mass is 10.3. The molecule has 88 valence electrons. The van der Waals surface area contributed by atoms with Gasteiger partial charge in [0.1, 0.15) is 22.3 Å². The molecule has 0 atom stereocenters. The summed E-state index contributed by atoms with van der Waals surface area (Å²) in [6.45, 7) is 0. The Bertz CT molecular complexity index is 543. The highest BCUT2D eigenvalue weighted by Crippen LogP contribution is 2.26. The molecule has 0 saturated carbocycles. The minimum Gasteiger partial charge on any atom is -0.334 e. The largest absolute Gasteiger partial charge is 0.334 e. The van der Waals surface area contributed by atoms with Crippen molar-refractivity contribution in [2.75, 3.05) is 5.32 Å². The average molecular weight is 276 g/mol. The van der Waals surface area contributed by atoms with Gasteiger partial charge in [0.15, 0.2) is 5.82 Å². The van der Waals surface area contributed by atoms with E-state index in [2.05, 4.69) is 15.3 Å². The topological polar surface area (TPSA) is 37.8 Å². The molecule has 1 heterocycles. The highest BCUT2D eigenvalue weighted by atomic mass is 35.5. The monoisotopic (exact) mass is 275 g/mol. The molecule has 0 amide bonds. The molecule has 0 aliphatic carbocycles. The standard InChI is InChI=1S/C10H5Cl2F2N3/c11-5-4-15-10(12)17-9(5)16-8-6(13)2-1-3-7(8)14/h1-4H,(H,15,16,17). The molecule has 0 aliphatic rings. The molecule has 0 fully saturated rings. The van der Waals surface area contributed by atoms with Gasteiger partial charge in [-0.15, -0.1) is 0 Å². The first-order valence-corrected chi connectivity index (χ1v) is 5.22. The van der Waals surface area contributed by atoms with E-state index in [4.69, 9.17) is 23.2 Å². The normalized spacial score (nSPS) is 10.4. The van der Waals surface area contributed by atoms with Gasteiger partial charge in [0.05, 0.1) is 6.20 Å². The number of hydrogen-bond acceptors (Lipinski definition) is 3. The highest BCUT2D eigenvalue weighted by Gasteiger charge is 2.11. The maximum atomic E-state index is 13.3. The third-order valence-electron chi connectivity index (χ3n) is 1.92. The van der Waals surface area contributed by atoms with Crippen LogP contribution in [0.5, 0.6) is 0 Å². The van der Waals surface area contributed by atoms with Crippen LogP contribution in [-0.2, 0) is 0 Å². The fraction of sp³-hybridized carbons (Fsp3) is 0. The summed E-state index contributed by atoms with van der Waals surface area (Å²) in [5.41, 5.74) is -0.343. The number of nitrogens with one attached hydrogen (secondary N) is 1. The van der Waals surface area contributed by atoms with E-state index in [1.54, 1.807) is 0 Å². The maximum Gasteiger partial charge on any atom is 0.224 e. The lowest BCUT2D eigenvalue weighted by Gasteiger charge is -2.08. The van der Waals surface area contributed by atoms with Crippen LogP contribution in [0, 0.1) is 11.6 Å². The van der Waals surface area contributed by atoms with Gasteiger partial charge < -0.3 is 5.32 Å². The van der Waals surface area contributed by atoms with Gasteiger partial charge in [-0.2, -0.15) is 4.98 Å². The molecule has 2 aromatic rings. The number of rotatable bonds is 2. The molecular formula is C10H5Cl2F2N3. The van der Waals surface area contributed by atoms with E-state index in [1.165, 1.54) is 12.3 Å². The summed E-state index contributed by atoms with van der Waals surface area (Å²) < 4.78 is 26.7. The van der Waals surface area contributed by atoms with Crippen LogP contribution in [0.4, 0.5) is 20.3 Å². The van der Waals surface area contributed by atoms with Crippen LogP contribution in [0.25, 0.3) is 0 Å². The number of nitrogens with zero attached hydrogens (tertiary/aromatic N) is 2. The summed E-state index contributed by atoms with van der Waals surface area (Å²) in [5, 5.41) is 2.47. The van der Waals surface area contributed by atoms with E-state index in [0.717, 1.165) is 12.1 Å². The van der Waals surface area contributed by atoms with Crippen molar-refractivity contribution in [3.63, 3.8) is 0 Å². The van der Waals surface area contributed by atoms with Gasteiger partial charge in [-0.1, -0.05) is 17.7 Å². The molecule has 0 unspecified atom stereocenters. The van der Waals surface area contributed by atoms with Gasteiger partial charge in [-0.05, 0) is 23.7 Å². The smallest absolute Gasteiger partial charge is 0.224 e. The number of hydrogen-bond donors (Lipinski definition) is 1. The molecule has 7 heteroatoms. The van der Waals surface area contributed by atoms with Crippen LogP contribution < -0.4 is 5.32 Å². The first-order chi connectivity index (χ1) is 8.08. The minimum absolute atomic E-state index is 0.0377. The first kappa shape index (κ1) is 12.0. The number of para-hydroxylation sites is 1. The molecule has 1 aromatic carbocycles. The summed E-state index contributed by atoms with van der Waals surface area (Å²) in [5.74, 6) is -1.47. The maximum absolute atomic E-state index is 13.3. The quantitative estimate of drug-likeness (QED) is 0.847. The van der Waals surface area contributed by atoms with Crippen molar-refractivity contribution in [2.24, 2.45) is 0 Å². The molecule has 0 spiro atoms. The number of anilines is 2. The van der Waals surface area contributed by atoms with Crippen molar-refractivity contribution in [3.05, 3.63) is 46.3 Å². The van der Waals surface area contributed by atoms with E-state index in [-0.39, 0.29) is 21.8 Å². The molecular weight excluding hydrogens is 271 g/mol. The van der Waals surface area contributed by atoms with Crippen molar-refractivity contribution < 1.29 is 8.78 Å². The van der Waals surface area contributed by atoms with Crippen molar-refractivity contribution in [1.82, 2.24) is 9.97 Å². The third-order valence-corrected chi connectivity index (χ3v) is 2.38. The van der Waals surface area contributed by atoms with Gasteiger partial charge in [0.2, 0.25) is 5.28 Å². The summed E-state index contributed by atoms with van der Waals surface area (Å²) in [4.78, 5) is 7.35. The van der Waals surface area contributed by atoms with E-state index >= 15 is 0 Å². The second-order valence-corrected chi connectivity index (χ2v) is 3.80. The van der Waals surface area contributed by atoms with Gasteiger partial charge >= 0.3 is 0 Å². The van der Waals surface area contributed by atoms with Crippen molar-refractivity contribution >= 4 is 34.7 Å². The SMILES string of the molecule is Fc1cccc(F)c1Nc1nc(Cl)ncc1Cl. The van der Waals surface area contributed by atoms with Crippen LogP contribution in [-0.4, -0.2) is 9.97 Å². The Morgan fingerprint density at radius 3 is 2.41 bits per heavy atom. The molecule has 0 bridgehead atoms. The predicted molar refractivity (Wildman–Crippen MR) is 61.7 cm³/mol. The zero-order valence-corrected chi connectivity index (χ0v) is 9.73. The third kappa shape index (κ3) is 2.62. The number of benzene rings is 1. The molecule has 3 nitrogen and oxygen atoms in total. The molecule has 2 rings (SSSR count). The lowest BCUT2D eigenvalue weighted by molar-refractivity contribution is 0.590. The summed E-state index contributed by atoms with van der Waals surface area (Å²) in [6.07, 6.45) is 1.23. The Balaban J connectivity index is 2.41. The van der Waals surface area contributed by atoms with E-state index in [0.29, 0.717) is 0 Å². The van der Waals surface area contributed by atoms with E-state index in [1.807, 2.05) is 0 Å². The number of aromatic nitrogens is 2. The molecule has 1 aromatic heterocycles. The zero-order valence-electron chi connectivity index (χ0n) is 8.22. The van der Waals surface area contributed by atoms with Crippen molar-refractivity contribution in [3.8, 4) is 0 Å². The van der Waals surface area contributed by atoms with Gasteiger partial charge in [0.25, 0.3) is 0 Å². The molecule has 0 saturated heterocycles. The molecule has 0 aliphatic heterocycles. The Morgan fingerprint density at radius 2 is 1.76 bits per heavy atom. The van der Waals surface area contributed by atoms with Gasteiger partial charge in [-0.25, -0.2) is 13.8 Å². The minimum atomic E-state index is -0.754. The summed E-state index contributed by atoms with van der Waals surface area (Å²) >= 11 is 11.3. The van der Waals surface area contributed by atoms with Crippen LogP contribution in [0.1, 0.15) is 0 Å². The lowest BCUT2D eigenvalue weighted by Crippen LogP contribution is -2.00. The fourth-order valence-electron chi connectivity index (χ4n) is 1.17. The predicted octanol–water partition coefficient (Wildman–Crippen LogP) is 3.81. The second-order valence-electron chi connectivity index (χ2n) is 3.06. The zero-order chi connectivity index (χ0) is 12.4. The molecule has 1 N–H and O–H groups in total. The fourth-order valence-corrected chi connectivity index (χ4v) is 1.44. The van der Waals surface area contributed by atoms with Crippen molar-refractivity contribution in [1.29, 1.82) is 0 Å². The average Bonchev–Trinajstić information content (AvgIpc) is 2.28. The Kier molecular flexibility index (Phi) is 3.40. The van der Waals surface area contributed by atoms with Crippen LogP contribution in [0.15, 0.2) is 24.4 Å². The van der Waals surface area contributed by atoms with Gasteiger partial charge in [0, 0.05) is 0 Å². The second kappa shape index (κ2) is 4.81. The van der Waals surface area contributed by atoms with E-state index < -0.39 is 11.6 Å². The summed E-state index contributed by atoms with van der Waals surface area (Å²) in [7, 11) is 0. The number of halogens is 4. The molecule has 17 heavy (non-hydrogen) atoms. The molecule has 0 radical (unpaired) electrons. The van der Waals surface area contributed by atoms with Gasteiger partial charge in [-0.3, -0.25) is 0 Å². The van der Waals surface area contributed by atoms with Crippen LogP contribution in [0.2, 0.25) is 10.3 Å². The highest BCUT2D eigenvalue weighted by molar-refractivity contribution is 6.33. The van der Waals surface area contributed by atoms with Crippen LogP contribution >= 0.6 is 23.2 Å². The Morgan fingerprint density at radius 1 is 1.12 bits per heavy atom. The van der Waals surface area contributed by atoms with Crippen LogP contribution in [0.3, 0.4) is 0 Å². The van der Waals surface area contributed by atoms with E-state index in [9.17, 15) is 8.78 Å². The summed E-state index contributed by atoms with van der Waals surface area (Å²) in [6, 6.07) is 3.48. The van der Waals surface area contributed by atoms with Crippen molar-refractivity contribution in [2.45, 2.75) is 0 Å². The Hall–Kier alpha value is -1.46. The first-order valence-electron chi connectivity index (χ1n) is 4.47. The Labute approximate surface area is 105 Å².